The van der Waals surface area contributed by atoms with Crippen molar-refractivity contribution in [2.24, 2.45) is 5.73 Å². The molecule has 7 heteroatoms. The van der Waals surface area contributed by atoms with Gasteiger partial charge in [0, 0.05) is 6.07 Å². The highest BCUT2D eigenvalue weighted by atomic mass is 16.6. The number of carbonyl (C=O) groups excluding carboxylic acids is 1. The average Bonchev–Trinajstić information content (AvgIpc) is 2.42. The highest BCUT2D eigenvalue weighted by Gasteiger charge is 2.45. The number of esters is 1. The van der Waals surface area contributed by atoms with Crippen LogP contribution in [0.25, 0.3) is 0 Å². The first-order chi connectivity index (χ1) is 10.8. The molecule has 1 atom stereocenters. The van der Waals surface area contributed by atoms with Gasteiger partial charge in [0.05, 0.1) is 22.7 Å². The van der Waals surface area contributed by atoms with Gasteiger partial charge in [0.2, 0.25) is 0 Å². The smallest absolute Gasteiger partial charge is 0.334 e. The van der Waals surface area contributed by atoms with Gasteiger partial charge in [-0.25, -0.2) is 4.79 Å². The summed E-state index contributed by atoms with van der Waals surface area (Å²) in [5, 5.41) is 11.3. The van der Waals surface area contributed by atoms with E-state index in [2.05, 4.69) is 0 Å². The number of benzene rings is 1. The third-order valence-corrected chi connectivity index (χ3v) is 3.08. The van der Waals surface area contributed by atoms with E-state index in [0.717, 1.165) is 0 Å². The van der Waals surface area contributed by atoms with Gasteiger partial charge < -0.3 is 15.2 Å². The van der Waals surface area contributed by atoms with Crippen LogP contribution in [0, 0.1) is 10.1 Å². The summed E-state index contributed by atoms with van der Waals surface area (Å²) in [6.07, 6.45) is 0. The van der Waals surface area contributed by atoms with Crippen LogP contribution in [-0.4, -0.2) is 28.7 Å². The largest absolute Gasteiger partial charge is 0.458 e. The number of ether oxygens (including phenoxy) is 2. The zero-order valence-corrected chi connectivity index (χ0v) is 15.1. The van der Waals surface area contributed by atoms with Crippen LogP contribution >= 0.6 is 0 Å². The Labute approximate surface area is 142 Å². The van der Waals surface area contributed by atoms with Crippen molar-refractivity contribution in [1.29, 1.82) is 0 Å². The first kappa shape index (κ1) is 20.1. The topological polar surface area (TPSA) is 105 Å². The first-order valence-corrected chi connectivity index (χ1v) is 7.66. The molecular weight excluding hydrogens is 312 g/mol. The molecule has 0 radical (unpaired) electrons. The van der Waals surface area contributed by atoms with E-state index in [1.807, 2.05) is 20.8 Å². The van der Waals surface area contributed by atoms with Crippen LogP contribution in [0.15, 0.2) is 24.3 Å². The summed E-state index contributed by atoms with van der Waals surface area (Å²) in [4.78, 5) is 23.5. The maximum Gasteiger partial charge on any atom is 0.334 e. The Morgan fingerprint density at radius 1 is 1.12 bits per heavy atom. The molecule has 0 bridgehead atoms. The van der Waals surface area contributed by atoms with Gasteiger partial charge in [-0.2, -0.15) is 0 Å². The van der Waals surface area contributed by atoms with Crippen LogP contribution in [-0.2, 0) is 19.8 Å². The highest BCUT2D eigenvalue weighted by Crippen LogP contribution is 2.31. The molecule has 7 nitrogen and oxygen atoms in total. The maximum absolute atomic E-state index is 12.7. The van der Waals surface area contributed by atoms with Crippen molar-refractivity contribution in [2.75, 3.05) is 6.61 Å². The Morgan fingerprint density at radius 3 is 2.12 bits per heavy atom. The van der Waals surface area contributed by atoms with Gasteiger partial charge >= 0.3 is 5.97 Å². The Kier molecular flexibility index (Phi) is 5.74. The Morgan fingerprint density at radius 2 is 1.67 bits per heavy atom. The number of carbonyl (C=O) groups is 1. The molecule has 0 aromatic heterocycles. The number of rotatable bonds is 5. The fraction of sp³-hybridized carbons (Fsp3) is 0.588. The van der Waals surface area contributed by atoms with Gasteiger partial charge in [0.1, 0.15) is 5.60 Å². The highest BCUT2D eigenvalue weighted by molar-refractivity contribution is 5.84. The van der Waals surface area contributed by atoms with Crippen molar-refractivity contribution in [3.8, 4) is 0 Å². The number of hydrogen-bond donors (Lipinski definition) is 1. The second-order valence-electron chi connectivity index (χ2n) is 7.65. The molecule has 1 rings (SSSR count). The Hall–Kier alpha value is -1.99. The van der Waals surface area contributed by atoms with E-state index in [9.17, 15) is 14.9 Å². The molecule has 0 saturated heterocycles. The maximum atomic E-state index is 12.7. The lowest BCUT2D eigenvalue weighted by Gasteiger charge is -2.33. The van der Waals surface area contributed by atoms with Gasteiger partial charge in [-0.15, -0.1) is 0 Å². The quantitative estimate of drug-likeness (QED) is 0.503. The van der Waals surface area contributed by atoms with Crippen LogP contribution in [0.5, 0.6) is 0 Å². The normalized spacial score (nSPS) is 14.8. The van der Waals surface area contributed by atoms with E-state index in [1.54, 1.807) is 26.8 Å². The molecule has 0 fully saturated rings. The van der Waals surface area contributed by atoms with Crippen LogP contribution in [0.1, 0.15) is 47.1 Å². The standard InChI is InChI=1S/C17H26N2O5/c1-15(2,3)23-11-17(18,14(20)24-16(4,5)6)12-9-7-8-10-13(12)19(21)22/h7-10H,11,18H2,1-6H3/t17-/m1/s1. The summed E-state index contributed by atoms with van der Waals surface area (Å²) in [7, 11) is 0. The van der Waals surface area contributed by atoms with E-state index in [1.165, 1.54) is 18.2 Å². The summed E-state index contributed by atoms with van der Waals surface area (Å²) in [6, 6.07) is 5.86. The zero-order chi connectivity index (χ0) is 18.8. The predicted molar refractivity (Wildman–Crippen MR) is 90.5 cm³/mol. The Balaban J connectivity index is 3.38. The molecule has 0 saturated carbocycles. The SMILES string of the molecule is CC(C)(C)OC[C@](N)(C(=O)OC(C)(C)C)c1ccccc1[N+](=O)[O-]. The van der Waals surface area contributed by atoms with Crippen molar-refractivity contribution in [2.45, 2.75) is 58.3 Å². The Bertz CT molecular complexity index is 616. The van der Waals surface area contributed by atoms with Gasteiger partial charge in [-0.05, 0) is 47.6 Å². The molecule has 0 heterocycles. The molecule has 0 unspecified atom stereocenters. The van der Waals surface area contributed by atoms with E-state index >= 15 is 0 Å². The average molecular weight is 338 g/mol. The minimum absolute atomic E-state index is 0.0634. The number of hydrogen-bond acceptors (Lipinski definition) is 6. The molecule has 1 aromatic rings. The van der Waals surface area contributed by atoms with E-state index in [4.69, 9.17) is 15.2 Å². The number of para-hydroxylation sites is 1. The molecule has 24 heavy (non-hydrogen) atoms. The fourth-order valence-electron chi connectivity index (χ4n) is 1.96. The summed E-state index contributed by atoms with van der Waals surface area (Å²) in [5.74, 6) is -0.770. The number of nitrogens with two attached hydrogens (primary N) is 1. The molecule has 0 aliphatic carbocycles. The monoisotopic (exact) mass is 338 g/mol. The van der Waals surface area contributed by atoms with Crippen molar-refractivity contribution in [1.82, 2.24) is 0 Å². The van der Waals surface area contributed by atoms with Crippen LogP contribution in [0.4, 0.5) is 5.69 Å². The lowest BCUT2D eigenvalue weighted by Crippen LogP contribution is -2.53. The second-order valence-corrected chi connectivity index (χ2v) is 7.65. The first-order valence-electron chi connectivity index (χ1n) is 7.66. The minimum atomic E-state index is -1.79. The van der Waals surface area contributed by atoms with Crippen molar-refractivity contribution < 1.29 is 19.2 Å². The number of nitro benzene ring substituents is 1. The number of nitro groups is 1. The van der Waals surface area contributed by atoms with Gasteiger partial charge in [-0.1, -0.05) is 12.1 Å². The molecule has 0 aliphatic heterocycles. The van der Waals surface area contributed by atoms with Gasteiger partial charge in [-0.3, -0.25) is 10.1 Å². The predicted octanol–water partition coefficient (Wildman–Crippen LogP) is 2.91. The van der Waals surface area contributed by atoms with Crippen molar-refractivity contribution >= 4 is 11.7 Å². The minimum Gasteiger partial charge on any atom is -0.458 e. The molecule has 134 valence electrons. The zero-order valence-electron chi connectivity index (χ0n) is 15.1. The summed E-state index contributed by atoms with van der Waals surface area (Å²) < 4.78 is 11.1. The summed E-state index contributed by atoms with van der Waals surface area (Å²) in [5.41, 5.74) is 2.98. The van der Waals surface area contributed by atoms with E-state index < -0.39 is 27.6 Å². The lowest BCUT2D eigenvalue weighted by atomic mass is 9.89. The third-order valence-electron chi connectivity index (χ3n) is 3.08. The molecule has 0 spiro atoms. The lowest BCUT2D eigenvalue weighted by molar-refractivity contribution is -0.386. The van der Waals surface area contributed by atoms with Crippen molar-refractivity contribution in [3.63, 3.8) is 0 Å². The molecule has 0 aliphatic rings. The van der Waals surface area contributed by atoms with Crippen LogP contribution < -0.4 is 5.73 Å². The second kappa shape index (κ2) is 6.86. The molecule has 0 amide bonds. The molecular formula is C17H26N2O5. The molecule has 1 aromatic carbocycles. The van der Waals surface area contributed by atoms with Crippen LogP contribution in [0.3, 0.4) is 0 Å². The summed E-state index contributed by atoms with van der Waals surface area (Å²) in [6.45, 7) is 10.3. The van der Waals surface area contributed by atoms with E-state index in [-0.39, 0.29) is 17.9 Å². The number of nitrogens with zero attached hydrogens (tertiary/aromatic N) is 1. The molecule has 2 N–H and O–H groups in total. The van der Waals surface area contributed by atoms with E-state index in [0.29, 0.717) is 0 Å². The third kappa shape index (κ3) is 5.28. The van der Waals surface area contributed by atoms with Crippen LogP contribution in [0.2, 0.25) is 0 Å². The van der Waals surface area contributed by atoms with Crippen molar-refractivity contribution in [3.05, 3.63) is 39.9 Å². The summed E-state index contributed by atoms with van der Waals surface area (Å²) >= 11 is 0. The van der Waals surface area contributed by atoms with Gasteiger partial charge in [0.25, 0.3) is 5.69 Å². The van der Waals surface area contributed by atoms with Gasteiger partial charge in [0.15, 0.2) is 5.54 Å². The fourth-order valence-corrected chi connectivity index (χ4v) is 1.96.